The molecule has 16 heavy (non-hydrogen) atoms. The molecule has 0 aliphatic rings. The van der Waals surface area contributed by atoms with Crippen molar-refractivity contribution in [2.24, 2.45) is 7.05 Å². The molecule has 1 N–H and O–H groups in total. The smallest absolute Gasteiger partial charge is 0.327 e. The van der Waals surface area contributed by atoms with Crippen LogP contribution in [0.25, 0.3) is 0 Å². The van der Waals surface area contributed by atoms with Gasteiger partial charge in [0.05, 0.1) is 0 Å². The Labute approximate surface area is 94.1 Å². The molecule has 1 heterocycles. The highest BCUT2D eigenvalue weighted by Crippen LogP contribution is 2.03. The average molecular weight is 217 g/mol. The summed E-state index contributed by atoms with van der Waals surface area (Å²) < 4.78 is 3.26. The Morgan fingerprint density at radius 3 is 2.56 bits per heavy atom. The van der Waals surface area contributed by atoms with E-state index in [0.717, 1.165) is 12.2 Å². The molecule has 0 aliphatic heterocycles. The zero-order valence-corrected chi connectivity index (χ0v) is 9.26. The minimum absolute atomic E-state index is 0.0230. The lowest BCUT2D eigenvalue weighted by Crippen LogP contribution is -2.24. The first-order valence-corrected chi connectivity index (χ1v) is 5.28. The van der Waals surface area contributed by atoms with Crippen molar-refractivity contribution in [2.45, 2.75) is 6.54 Å². The molecule has 4 nitrogen and oxygen atoms in total. The lowest BCUT2D eigenvalue weighted by molar-refractivity contribution is 0.672. The summed E-state index contributed by atoms with van der Waals surface area (Å²) in [4.78, 5) is 11.5. The summed E-state index contributed by atoms with van der Waals surface area (Å²) in [7, 11) is 1.75. The molecule has 0 saturated heterocycles. The number of anilines is 1. The fraction of sp³-hybridized carbons (Fsp3) is 0.250. The Hall–Kier alpha value is -1.97. The molecule has 0 fully saturated rings. The van der Waals surface area contributed by atoms with E-state index in [1.807, 2.05) is 30.3 Å². The first-order valence-electron chi connectivity index (χ1n) is 5.28. The SMILES string of the molecule is Cn1ccn(CCNc2ccccc2)c1=O. The van der Waals surface area contributed by atoms with Crippen LogP contribution < -0.4 is 11.0 Å². The summed E-state index contributed by atoms with van der Waals surface area (Å²) in [6, 6.07) is 9.96. The van der Waals surface area contributed by atoms with Gasteiger partial charge >= 0.3 is 5.69 Å². The van der Waals surface area contributed by atoms with Crippen LogP contribution in [0.4, 0.5) is 5.69 Å². The van der Waals surface area contributed by atoms with Crippen LogP contribution in [0.1, 0.15) is 0 Å². The third-order valence-electron chi connectivity index (χ3n) is 2.47. The summed E-state index contributed by atoms with van der Waals surface area (Å²) in [5.74, 6) is 0. The maximum atomic E-state index is 11.5. The number of hydrogen-bond acceptors (Lipinski definition) is 2. The summed E-state index contributed by atoms with van der Waals surface area (Å²) in [6.45, 7) is 1.42. The van der Waals surface area contributed by atoms with Gasteiger partial charge in [-0.15, -0.1) is 0 Å². The number of para-hydroxylation sites is 1. The summed E-state index contributed by atoms with van der Waals surface area (Å²) in [5, 5.41) is 3.26. The number of nitrogens with zero attached hydrogens (tertiary/aromatic N) is 2. The number of rotatable bonds is 4. The molecule has 0 unspecified atom stereocenters. The largest absolute Gasteiger partial charge is 0.383 e. The van der Waals surface area contributed by atoms with Crippen molar-refractivity contribution >= 4 is 5.69 Å². The third kappa shape index (κ3) is 2.34. The van der Waals surface area contributed by atoms with Crippen LogP contribution in [0.3, 0.4) is 0 Å². The second-order valence-electron chi connectivity index (χ2n) is 3.68. The fourth-order valence-corrected chi connectivity index (χ4v) is 1.56. The van der Waals surface area contributed by atoms with Gasteiger partial charge in [0.2, 0.25) is 0 Å². The van der Waals surface area contributed by atoms with Gasteiger partial charge in [0.15, 0.2) is 0 Å². The zero-order chi connectivity index (χ0) is 11.4. The molecule has 2 rings (SSSR count). The molecule has 1 aromatic heterocycles. The zero-order valence-electron chi connectivity index (χ0n) is 9.26. The van der Waals surface area contributed by atoms with E-state index >= 15 is 0 Å². The second-order valence-corrected chi connectivity index (χ2v) is 3.68. The fourth-order valence-electron chi connectivity index (χ4n) is 1.56. The minimum atomic E-state index is 0.0230. The molecule has 0 spiro atoms. The Kier molecular flexibility index (Phi) is 3.10. The maximum Gasteiger partial charge on any atom is 0.327 e. The van der Waals surface area contributed by atoms with Crippen LogP contribution in [0.2, 0.25) is 0 Å². The number of imidazole rings is 1. The Balaban J connectivity index is 1.90. The van der Waals surface area contributed by atoms with Crippen molar-refractivity contribution in [3.63, 3.8) is 0 Å². The summed E-state index contributed by atoms with van der Waals surface area (Å²) in [5.41, 5.74) is 1.10. The molecule has 0 radical (unpaired) electrons. The molecule has 84 valence electrons. The van der Waals surface area contributed by atoms with E-state index in [-0.39, 0.29) is 5.69 Å². The standard InChI is InChI=1S/C12H15N3O/c1-14-9-10-15(12(14)16)8-7-13-11-5-3-2-4-6-11/h2-6,9-10,13H,7-8H2,1H3. The van der Waals surface area contributed by atoms with Crippen LogP contribution in [0.15, 0.2) is 47.5 Å². The number of benzene rings is 1. The van der Waals surface area contributed by atoms with Gasteiger partial charge in [0.1, 0.15) is 0 Å². The lowest BCUT2D eigenvalue weighted by atomic mass is 10.3. The molecular formula is C12H15N3O. The highest BCUT2D eigenvalue weighted by molar-refractivity contribution is 5.42. The van der Waals surface area contributed by atoms with Gasteiger partial charge in [0.25, 0.3) is 0 Å². The molecule has 0 atom stereocenters. The van der Waals surface area contributed by atoms with Crippen molar-refractivity contribution in [3.8, 4) is 0 Å². The van der Waals surface area contributed by atoms with Crippen molar-refractivity contribution in [3.05, 3.63) is 53.2 Å². The topological polar surface area (TPSA) is 39.0 Å². The maximum absolute atomic E-state index is 11.5. The molecule has 0 bridgehead atoms. The van der Waals surface area contributed by atoms with Crippen LogP contribution >= 0.6 is 0 Å². The van der Waals surface area contributed by atoms with Crippen LogP contribution in [-0.2, 0) is 13.6 Å². The molecule has 2 aromatic rings. The summed E-state index contributed by atoms with van der Waals surface area (Å²) >= 11 is 0. The average Bonchev–Trinajstić information content (AvgIpc) is 2.62. The minimum Gasteiger partial charge on any atom is -0.383 e. The van der Waals surface area contributed by atoms with Crippen molar-refractivity contribution < 1.29 is 0 Å². The predicted molar refractivity (Wildman–Crippen MR) is 64.6 cm³/mol. The predicted octanol–water partition coefficient (Wildman–Crippen LogP) is 1.30. The third-order valence-corrected chi connectivity index (χ3v) is 2.47. The Morgan fingerprint density at radius 1 is 1.19 bits per heavy atom. The van der Waals surface area contributed by atoms with E-state index in [1.165, 1.54) is 0 Å². The van der Waals surface area contributed by atoms with E-state index < -0.39 is 0 Å². The molecule has 1 aromatic carbocycles. The van der Waals surface area contributed by atoms with E-state index in [1.54, 1.807) is 28.6 Å². The molecule has 0 aliphatic carbocycles. The van der Waals surface area contributed by atoms with Crippen molar-refractivity contribution in [1.82, 2.24) is 9.13 Å². The monoisotopic (exact) mass is 217 g/mol. The van der Waals surface area contributed by atoms with E-state index in [4.69, 9.17) is 0 Å². The van der Waals surface area contributed by atoms with Crippen LogP contribution in [0, 0.1) is 0 Å². The van der Waals surface area contributed by atoms with Crippen molar-refractivity contribution in [1.29, 1.82) is 0 Å². The van der Waals surface area contributed by atoms with Gasteiger partial charge < -0.3 is 9.88 Å². The van der Waals surface area contributed by atoms with E-state index in [0.29, 0.717) is 6.54 Å². The van der Waals surface area contributed by atoms with Crippen molar-refractivity contribution in [2.75, 3.05) is 11.9 Å². The van der Waals surface area contributed by atoms with Gasteiger partial charge in [-0.05, 0) is 12.1 Å². The van der Waals surface area contributed by atoms with E-state index in [9.17, 15) is 4.79 Å². The molecule has 0 amide bonds. The first kappa shape index (κ1) is 10.5. The van der Waals surface area contributed by atoms with Gasteiger partial charge in [0, 0.05) is 38.2 Å². The van der Waals surface area contributed by atoms with Gasteiger partial charge in [-0.1, -0.05) is 18.2 Å². The quantitative estimate of drug-likeness (QED) is 0.838. The second kappa shape index (κ2) is 4.70. The number of aromatic nitrogens is 2. The molecular weight excluding hydrogens is 202 g/mol. The Morgan fingerprint density at radius 2 is 1.94 bits per heavy atom. The number of aryl methyl sites for hydroxylation is 1. The van der Waals surface area contributed by atoms with Crippen LogP contribution in [-0.4, -0.2) is 15.7 Å². The highest BCUT2D eigenvalue weighted by atomic mass is 16.1. The van der Waals surface area contributed by atoms with Gasteiger partial charge in [-0.25, -0.2) is 4.79 Å². The lowest BCUT2D eigenvalue weighted by Gasteiger charge is -2.05. The molecule has 0 saturated carbocycles. The summed E-state index contributed by atoms with van der Waals surface area (Å²) in [6.07, 6.45) is 3.57. The van der Waals surface area contributed by atoms with Gasteiger partial charge in [-0.3, -0.25) is 4.57 Å². The first-order chi connectivity index (χ1) is 7.77. The van der Waals surface area contributed by atoms with Crippen LogP contribution in [0.5, 0.6) is 0 Å². The highest BCUT2D eigenvalue weighted by Gasteiger charge is 1.98. The van der Waals surface area contributed by atoms with E-state index in [2.05, 4.69) is 5.32 Å². The van der Waals surface area contributed by atoms with Gasteiger partial charge in [-0.2, -0.15) is 0 Å². The number of hydrogen-bond donors (Lipinski definition) is 1. The Bertz CT molecular complexity index is 498. The normalized spacial score (nSPS) is 10.3. The number of nitrogens with one attached hydrogen (secondary N) is 1. The molecule has 4 heteroatoms.